The standard InChI is InChI=1S/C27H41N5O5/c1-19(2)24-27(36)31(3)16-17-37-22-11-7-6-10-20(22)25(34)29-21(18-23(33)30-24)26(35)28-12-15-32-13-8-4-5-9-14-32/h6-7,10-11,19,21,24H,4-5,8-9,12-18H2,1-3H3,(H,28,35)(H,29,34)(H,30,33)/t21-,24+/m0/s1. The van der Waals surface area contributed by atoms with E-state index in [0.29, 0.717) is 18.8 Å². The Kier molecular flexibility index (Phi) is 10.7. The quantitative estimate of drug-likeness (QED) is 0.541. The molecule has 0 aromatic heterocycles. The third-order valence-corrected chi connectivity index (χ3v) is 6.88. The molecule has 0 bridgehead atoms. The van der Waals surface area contributed by atoms with E-state index < -0.39 is 29.8 Å². The first-order valence-electron chi connectivity index (χ1n) is 13.3. The van der Waals surface area contributed by atoms with E-state index in [4.69, 9.17) is 4.74 Å². The van der Waals surface area contributed by atoms with Crippen molar-refractivity contribution in [2.75, 3.05) is 46.4 Å². The van der Waals surface area contributed by atoms with Gasteiger partial charge in [0.05, 0.1) is 18.5 Å². The third kappa shape index (κ3) is 8.45. The molecule has 2 heterocycles. The van der Waals surface area contributed by atoms with Gasteiger partial charge in [-0.25, -0.2) is 0 Å². The molecule has 3 N–H and O–H groups in total. The van der Waals surface area contributed by atoms with Gasteiger partial charge in [0.25, 0.3) is 5.91 Å². The molecule has 1 aromatic carbocycles. The predicted molar refractivity (Wildman–Crippen MR) is 140 cm³/mol. The maximum Gasteiger partial charge on any atom is 0.255 e. The lowest BCUT2D eigenvalue weighted by Crippen LogP contribution is -2.54. The third-order valence-electron chi connectivity index (χ3n) is 6.88. The van der Waals surface area contributed by atoms with E-state index in [-0.39, 0.29) is 37.0 Å². The van der Waals surface area contributed by atoms with E-state index in [2.05, 4.69) is 20.9 Å². The molecular weight excluding hydrogens is 474 g/mol. The van der Waals surface area contributed by atoms with E-state index >= 15 is 0 Å². The van der Waals surface area contributed by atoms with E-state index in [1.807, 2.05) is 13.8 Å². The Balaban J connectivity index is 1.77. The van der Waals surface area contributed by atoms with Crippen molar-refractivity contribution in [1.82, 2.24) is 25.8 Å². The molecule has 1 aromatic rings. The summed E-state index contributed by atoms with van der Waals surface area (Å²) in [7, 11) is 1.65. The number of benzene rings is 1. The van der Waals surface area contributed by atoms with Crippen LogP contribution in [0.5, 0.6) is 5.75 Å². The number of fused-ring (bicyclic) bond motifs is 1. The summed E-state index contributed by atoms with van der Waals surface area (Å²) in [5, 5.41) is 8.38. The number of likely N-dealkylation sites (tertiary alicyclic amines) is 1. The van der Waals surface area contributed by atoms with Gasteiger partial charge in [0.1, 0.15) is 24.4 Å². The smallest absolute Gasteiger partial charge is 0.255 e. The molecule has 37 heavy (non-hydrogen) atoms. The summed E-state index contributed by atoms with van der Waals surface area (Å²) in [5.41, 5.74) is 0.261. The molecule has 1 saturated heterocycles. The Morgan fingerprint density at radius 2 is 1.76 bits per heavy atom. The van der Waals surface area contributed by atoms with E-state index in [1.54, 1.807) is 31.3 Å². The fourth-order valence-electron chi connectivity index (χ4n) is 4.62. The highest BCUT2D eigenvalue weighted by Crippen LogP contribution is 2.19. The van der Waals surface area contributed by atoms with Gasteiger partial charge in [0.15, 0.2) is 0 Å². The van der Waals surface area contributed by atoms with Crippen LogP contribution >= 0.6 is 0 Å². The molecule has 2 aliphatic rings. The van der Waals surface area contributed by atoms with Crippen LogP contribution in [0.1, 0.15) is 56.3 Å². The lowest BCUT2D eigenvalue weighted by atomic mass is 10.0. The molecule has 0 spiro atoms. The van der Waals surface area contributed by atoms with Crippen LogP contribution in [0.4, 0.5) is 0 Å². The molecule has 0 aliphatic carbocycles. The minimum Gasteiger partial charge on any atom is -0.491 e. The van der Waals surface area contributed by atoms with Gasteiger partial charge in [-0.05, 0) is 44.0 Å². The maximum absolute atomic E-state index is 13.2. The molecular formula is C27H41N5O5. The number of hydrogen-bond acceptors (Lipinski definition) is 6. The Hall–Kier alpha value is -3.14. The summed E-state index contributed by atoms with van der Waals surface area (Å²) in [5.74, 6) is -1.46. The van der Waals surface area contributed by atoms with Crippen molar-refractivity contribution >= 4 is 23.6 Å². The Bertz CT molecular complexity index is 945. The number of para-hydroxylation sites is 1. The van der Waals surface area contributed by atoms with Crippen molar-refractivity contribution in [2.45, 2.75) is 58.0 Å². The summed E-state index contributed by atoms with van der Waals surface area (Å²) in [6.45, 7) is 7.31. The van der Waals surface area contributed by atoms with E-state index in [9.17, 15) is 19.2 Å². The van der Waals surface area contributed by atoms with Crippen LogP contribution in [0.2, 0.25) is 0 Å². The lowest BCUT2D eigenvalue weighted by molar-refractivity contribution is -0.137. The number of ether oxygens (including phenoxy) is 1. The molecule has 2 atom stereocenters. The Morgan fingerprint density at radius 1 is 1.05 bits per heavy atom. The number of likely N-dealkylation sites (N-methyl/N-ethyl adjacent to an activating group) is 1. The van der Waals surface area contributed by atoms with Crippen molar-refractivity contribution < 1.29 is 23.9 Å². The number of nitrogens with zero attached hydrogens (tertiary/aromatic N) is 2. The number of nitrogens with one attached hydrogen (secondary N) is 3. The number of carbonyl (C=O) groups excluding carboxylic acids is 4. The van der Waals surface area contributed by atoms with Gasteiger partial charge in [0.2, 0.25) is 17.7 Å². The molecule has 0 radical (unpaired) electrons. The zero-order valence-corrected chi connectivity index (χ0v) is 22.3. The first-order chi connectivity index (χ1) is 17.8. The monoisotopic (exact) mass is 515 g/mol. The average molecular weight is 516 g/mol. The predicted octanol–water partition coefficient (Wildman–Crippen LogP) is 1.16. The zero-order chi connectivity index (χ0) is 26.8. The zero-order valence-electron chi connectivity index (χ0n) is 22.3. The highest BCUT2D eigenvalue weighted by Gasteiger charge is 2.31. The Labute approximate surface area is 219 Å². The summed E-state index contributed by atoms with van der Waals surface area (Å²) in [6, 6.07) is 4.87. The summed E-state index contributed by atoms with van der Waals surface area (Å²) in [6.07, 6.45) is 4.47. The minimum absolute atomic E-state index is 0.163. The van der Waals surface area contributed by atoms with Crippen molar-refractivity contribution in [3.8, 4) is 5.75 Å². The fourth-order valence-corrected chi connectivity index (χ4v) is 4.62. The molecule has 3 rings (SSSR count). The number of amides is 4. The van der Waals surface area contributed by atoms with Gasteiger partial charge in [-0.15, -0.1) is 0 Å². The SMILES string of the molecule is CC(C)[C@H]1NC(=O)C[C@@H](C(=O)NCCN2CCCCCC2)NC(=O)c2ccccc2OCCN(C)C1=O. The number of hydrogen-bond donors (Lipinski definition) is 3. The van der Waals surface area contributed by atoms with Crippen LogP contribution in [0.3, 0.4) is 0 Å². The molecule has 0 unspecified atom stereocenters. The highest BCUT2D eigenvalue weighted by atomic mass is 16.5. The van der Waals surface area contributed by atoms with Crippen molar-refractivity contribution in [2.24, 2.45) is 5.92 Å². The molecule has 1 fully saturated rings. The van der Waals surface area contributed by atoms with Gasteiger partial charge in [-0.2, -0.15) is 0 Å². The second-order valence-corrected chi connectivity index (χ2v) is 10.2. The van der Waals surface area contributed by atoms with E-state index in [1.165, 1.54) is 17.7 Å². The Morgan fingerprint density at radius 3 is 2.46 bits per heavy atom. The van der Waals surface area contributed by atoms with E-state index in [0.717, 1.165) is 25.9 Å². The average Bonchev–Trinajstić information content (AvgIpc) is 3.14. The summed E-state index contributed by atoms with van der Waals surface area (Å²) in [4.78, 5) is 56.2. The fraction of sp³-hybridized carbons (Fsp3) is 0.630. The number of carbonyl (C=O) groups is 4. The van der Waals surface area contributed by atoms with Gasteiger partial charge >= 0.3 is 0 Å². The van der Waals surface area contributed by atoms with Crippen LogP contribution in [-0.4, -0.2) is 91.9 Å². The molecule has 204 valence electrons. The second kappa shape index (κ2) is 14.0. The minimum atomic E-state index is -1.10. The van der Waals surface area contributed by atoms with Crippen LogP contribution < -0.4 is 20.7 Å². The number of rotatable bonds is 5. The van der Waals surface area contributed by atoms with Crippen LogP contribution in [0.15, 0.2) is 24.3 Å². The molecule has 2 aliphatic heterocycles. The second-order valence-electron chi connectivity index (χ2n) is 10.2. The molecule has 10 heteroatoms. The van der Waals surface area contributed by atoms with Crippen LogP contribution in [-0.2, 0) is 14.4 Å². The topological polar surface area (TPSA) is 120 Å². The van der Waals surface area contributed by atoms with Crippen LogP contribution in [0.25, 0.3) is 0 Å². The van der Waals surface area contributed by atoms with Crippen LogP contribution in [0, 0.1) is 5.92 Å². The highest BCUT2D eigenvalue weighted by molar-refractivity contribution is 6.01. The molecule has 0 saturated carbocycles. The maximum atomic E-state index is 13.2. The van der Waals surface area contributed by atoms with Gasteiger partial charge in [-0.1, -0.05) is 38.8 Å². The largest absolute Gasteiger partial charge is 0.491 e. The summed E-state index contributed by atoms with van der Waals surface area (Å²) < 4.78 is 5.83. The van der Waals surface area contributed by atoms with Crippen molar-refractivity contribution in [3.05, 3.63) is 29.8 Å². The first kappa shape index (κ1) is 28.4. The van der Waals surface area contributed by atoms with Gasteiger partial charge < -0.3 is 30.5 Å². The normalized spacial score (nSPS) is 22.7. The summed E-state index contributed by atoms with van der Waals surface area (Å²) >= 11 is 0. The van der Waals surface area contributed by atoms with Gasteiger partial charge in [0, 0.05) is 20.1 Å². The van der Waals surface area contributed by atoms with Crippen molar-refractivity contribution in [1.29, 1.82) is 0 Å². The molecule has 4 amide bonds. The lowest BCUT2D eigenvalue weighted by Gasteiger charge is -2.28. The molecule has 10 nitrogen and oxygen atoms in total. The van der Waals surface area contributed by atoms with Crippen molar-refractivity contribution in [3.63, 3.8) is 0 Å². The first-order valence-corrected chi connectivity index (χ1v) is 13.3. The van der Waals surface area contributed by atoms with Gasteiger partial charge in [-0.3, -0.25) is 19.2 Å².